The van der Waals surface area contributed by atoms with E-state index in [1.54, 1.807) is 32.9 Å². The summed E-state index contributed by atoms with van der Waals surface area (Å²) in [5.41, 5.74) is 12.1. The number of carbonyl (C=O) groups excluding carboxylic acids is 1. The third kappa shape index (κ3) is 2.63. The molecule has 1 heterocycles. The van der Waals surface area contributed by atoms with Crippen LogP contribution in [0, 0.1) is 19.3 Å². The van der Waals surface area contributed by atoms with E-state index in [0.29, 0.717) is 29.8 Å². The van der Waals surface area contributed by atoms with Gasteiger partial charge in [-0.2, -0.15) is 4.31 Å². The average molecular weight is 311 g/mol. The highest BCUT2D eigenvalue weighted by molar-refractivity contribution is 7.89. The number of hydrogen-bond donors (Lipinski definition) is 2. The van der Waals surface area contributed by atoms with Gasteiger partial charge >= 0.3 is 0 Å². The van der Waals surface area contributed by atoms with E-state index in [1.807, 2.05) is 0 Å². The van der Waals surface area contributed by atoms with Crippen molar-refractivity contribution in [3.8, 4) is 0 Å². The van der Waals surface area contributed by atoms with Crippen LogP contribution in [-0.4, -0.2) is 31.7 Å². The SMILES string of the molecule is Cc1cc(N)cc(C)c1S(=O)(=O)N1CCC(C)(C(N)=O)C1. The van der Waals surface area contributed by atoms with Crippen LogP contribution >= 0.6 is 0 Å². The second-order valence-corrected chi connectivity index (χ2v) is 7.87. The molecule has 0 aliphatic carbocycles. The fraction of sp³-hybridized carbons (Fsp3) is 0.500. The standard InChI is InChI=1S/C14H21N3O3S/c1-9-6-11(15)7-10(2)12(9)21(19,20)17-5-4-14(3,8-17)13(16)18/h6-7H,4-5,8,15H2,1-3H3,(H2,16,18). The van der Waals surface area contributed by atoms with E-state index in [1.165, 1.54) is 4.31 Å². The Labute approximate surface area is 125 Å². The van der Waals surface area contributed by atoms with Crippen molar-refractivity contribution >= 4 is 21.6 Å². The van der Waals surface area contributed by atoms with E-state index >= 15 is 0 Å². The zero-order chi connectivity index (χ0) is 16.0. The van der Waals surface area contributed by atoms with Crippen LogP contribution in [0.15, 0.2) is 17.0 Å². The van der Waals surface area contributed by atoms with Gasteiger partial charge in [-0.15, -0.1) is 0 Å². The Hall–Kier alpha value is -1.60. The van der Waals surface area contributed by atoms with E-state index in [0.717, 1.165) is 0 Å². The smallest absolute Gasteiger partial charge is 0.243 e. The highest BCUT2D eigenvalue weighted by Gasteiger charge is 2.44. The summed E-state index contributed by atoms with van der Waals surface area (Å²) in [5.74, 6) is -0.467. The molecule has 0 saturated carbocycles. The van der Waals surface area contributed by atoms with Gasteiger partial charge in [-0.3, -0.25) is 4.79 Å². The van der Waals surface area contributed by atoms with E-state index in [2.05, 4.69) is 0 Å². The molecule has 2 rings (SSSR count). The quantitative estimate of drug-likeness (QED) is 0.804. The lowest BCUT2D eigenvalue weighted by Gasteiger charge is -2.22. The zero-order valence-corrected chi connectivity index (χ0v) is 13.3. The third-order valence-electron chi connectivity index (χ3n) is 4.11. The van der Waals surface area contributed by atoms with Gasteiger partial charge < -0.3 is 11.5 Å². The number of amides is 1. The van der Waals surface area contributed by atoms with Gasteiger partial charge in [0.25, 0.3) is 0 Å². The summed E-state index contributed by atoms with van der Waals surface area (Å²) in [6, 6.07) is 3.28. The first-order valence-corrected chi connectivity index (χ1v) is 8.19. The first-order chi connectivity index (χ1) is 9.58. The minimum atomic E-state index is -3.65. The van der Waals surface area contributed by atoms with Crippen molar-refractivity contribution in [3.63, 3.8) is 0 Å². The molecule has 1 aromatic rings. The largest absolute Gasteiger partial charge is 0.399 e. The van der Waals surface area contributed by atoms with Crippen LogP contribution in [0.3, 0.4) is 0 Å². The van der Waals surface area contributed by atoms with Gasteiger partial charge in [-0.05, 0) is 50.5 Å². The van der Waals surface area contributed by atoms with Crippen LogP contribution in [0.1, 0.15) is 24.5 Å². The molecule has 1 aliphatic heterocycles. The van der Waals surface area contributed by atoms with Gasteiger partial charge in [-0.25, -0.2) is 8.42 Å². The van der Waals surface area contributed by atoms with Gasteiger partial charge in [-0.1, -0.05) is 0 Å². The number of rotatable bonds is 3. The number of carbonyl (C=O) groups is 1. The molecule has 1 saturated heterocycles. The summed E-state index contributed by atoms with van der Waals surface area (Å²) < 4.78 is 27.0. The topological polar surface area (TPSA) is 106 Å². The number of sulfonamides is 1. The molecule has 0 radical (unpaired) electrons. The Morgan fingerprint density at radius 1 is 1.29 bits per heavy atom. The average Bonchev–Trinajstić information content (AvgIpc) is 2.72. The van der Waals surface area contributed by atoms with Crippen molar-refractivity contribution in [3.05, 3.63) is 23.3 Å². The van der Waals surface area contributed by atoms with Crippen molar-refractivity contribution in [2.24, 2.45) is 11.1 Å². The molecule has 1 unspecified atom stereocenters. The monoisotopic (exact) mass is 311 g/mol. The maximum atomic E-state index is 12.8. The molecule has 1 amide bonds. The van der Waals surface area contributed by atoms with Gasteiger partial charge in [0.1, 0.15) is 0 Å². The molecule has 0 spiro atoms. The third-order valence-corrected chi connectivity index (χ3v) is 6.27. The number of nitrogens with zero attached hydrogens (tertiary/aromatic N) is 1. The zero-order valence-electron chi connectivity index (χ0n) is 12.5. The fourth-order valence-corrected chi connectivity index (χ4v) is 4.82. The molecule has 4 N–H and O–H groups in total. The Morgan fingerprint density at radius 2 is 1.81 bits per heavy atom. The van der Waals surface area contributed by atoms with E-state index < -0.39 is 21.3 Å². The number of nitrogen functional groups attached to an aromatic ring is 1. The summed E-state index contributed by atoms with van der Waals surface area (Å²) >= 11 is 0. The van der Waals surface area contributed by atoms with Crippen molar-refractivity contribution in [2.75, 3.05) is 18.8 Å². The summed E-state index contributed by atoms with van der Waals surface area (Å²) in [5, 5.41) is 0. The van der Waals surface area contributed by atoms with Gasteiger partial charge in [0.05, 0.1) is 10.3 Å². The van der Waals surface area contributed by atoms with Crippen molar-refractivity contribution in [1.29, 1.82) is 0 Å². The Balaban J connectivity index is 2.44. The maximum absolute atomic E-state index is 12.8. The second-order valence-electron chi connectivity index (χ2n) is 6.00. The molecule has 1 aliphatic rings. The van der Waals surface area contributed by atoms with Crippen molar-refractivity contribution in [2.45, 2.75) is 32.1 Å². The van der Waals surface area contributed by atoms with Crippen LogP contribution in [-0.2, 0) is 14.8 Å². The Kier molecular flexibility index (Phi) is 3.75. The first kappa shape index (κ1) is 15.8. The molecule has 1 fully saturated rings. The summed E-state index contributed by atoms with van der Waals surface area (Å²) in [6.45, 7) is 5.56. The molecule has 1 aromatic carbocycles. The summed E-state index contributed by atoms with van der Waals surface area (Å²) in [7, 11) is -3.65. The van der Waals surface area contributed by atoms with Crippen LogP contribution < -0.4 is 11.5 Å². The summed E-state index contributed by atoms with van der Waals surface area (Å²) in [4.78, 5) is 11.8. The maximum Gasteiger partial charge on any atom is 0.243 e. The molecule has 116 valence electrons. The van der Waals surface area contributed by atoms with E-state index in [4.69, 9.17) is 11.5 Å². The number of anilines is 1. The molecule has 21 heavy (non-hydrogen) atoms. The van der Waals surface area contributed by atoms with Crippen molar-refractivity contribution in [1.82, 2.24) is 4.31 Å². The number of primary amides is 1. The predicted octanol–water partition coefficient (Wildman–Crippen LogP) is 0.772. The molecular formula is C14H21N3O3S. The normalized spacial score (nSPS) is 23.4. The highest BCUT2D eigenvalue weighted by Crippen LogP contribution is 2.35. The van der Waals surface area contributed by atoms with Crippen LogP contribution in [0.4, 0.5) is 5.69 Å². The lowest BCUT2D eigenvalue weighted by atomic mass is 9.89. The van der Waals surface area contributed by atoms with Crippen molar-refractivity contribution < 1.29 is 13.2 Å². The van der Waals surface area contributed by atoms with Crippen LogP contribution in [0.5, 0.6) is 0 Å². The molecule has 7 heteroatoms. The molecule has 6 nitrogen and oxygen atoms in total. The lowest BCUT2D eigenvalue weighted by molar-refractivity contribution is -0.126. The van der Waals surface area contributed by atoms with Gasteiger partial charge in [0.2, 0.25) is 15.9 Å². The Bertz CT molecular complexity index is 676. The second kappa shape index (κ2) is 4.99. The van der Waals surface area contributed by atoms with Crippen LogP contribution in [0.25, 0.3) is 0 Å². The molecular weight excluding hydrogens is 290 g/mol. The minimum absolute atomic E-state index is 0.119. The van der Waals surface area contributed by atoms with Crippen LogP contribution in [0.2, 0.25) is 0 Å². The first-order valence-electron chi connectivity index (χ1n) is 6.75. The molecule has 1 atom stereocenters. The fourth-order valence-electron chi connectivity index (χ4n) is 2.84. The number of hydrogen-bond acceptors (Lipinski definition) is 4. The number of nitrogens with two attached hydrogens (primary N) is 2. The van der Waals surface area contributed by atoms with E-state index in [9.17, 15) is 13.2 Å². The number of aryl methyl sites for hydroxylation is 2. The lowest BCUT2D eigenvalue weighted by Crippen LogP contribution is -2.38. The molecule has 0 bridgehead atoms. The van der Waals surface area contributed by atoms with E-state index in [-0.39, 0.29) is 11.4 Å². The predicted molar refractivity (Wildman–Crippen MR) is 81.0 cm³/mol. The summed E-state index contributed by atoms with van der Waals surface area (Å²) in [6.07, 6.45) is 0.439. The van der Waals surface area contributed by atoms with Gasteiger partial charge in [0, 0.05) is 18.8 Å². The number of benzene rings is 1. The minimum Gasteiger partial charge on any atom is -0.399 e. The molecule has 0 aromatic heterocycles. The highest BCUT2D eigenvalue weighted by atomic mass is 32.2. The van der Waals surface area contributed by atoms with Gasteiger partial charge in [0.15, 0.2) is 0 Å². The Morgan fingerprint density at radius 3 is 2.24 bits per heavy atom.